The van der Waals surface area contributed by atoms with Crippen LogP contribution in [0.25, 0.3) is 0 Å². The van der Waals surface area contributed by atoms with Crippen molar-refractivity contribution in [3.63, 3.8) is 0 Å². The normalized spacial score (nSPS) is 12.1. The molecule has 9 heteroatoms. The van der Waals surface area contributed by atoms with Gasteiger partial charge in [0.2, 0.25) is 15.9 Å². The third kappa shape index (κ3) is 4.79. The van der Waals surface area contributed by atoms with Gasteiger partial charge in [-0.2, -0.15) is 5.26 Å². The summed E-state index contributed by atoms with van der Waals surface area (Å²) in [6.07, 6.45) is 0. The monoisotopic (exact) mass is 402 g/mol. The molecule has 0 aliphatic carbocycles. The molecular weight excluding hydrogens is 380 g/mol. The van der Waals surface area contributed by atoms with Crippen molar-refractivity contribution >= 4 is 27.3 Å². The number of ether oxygens (including phenoxy) is 1. The summed E-state index contributed by atoms with van der Waals surface area (Å²) in [5, 5.41) is 14.6. The average Bonchev–Trinajstić information content (AvgIpc) is 2.67. The van der Waals surface area contributed by atoms with Gasteiger partial charge in [0.1, 0.15) is 11.8 Å². The summed E-state index contributed by atoms with van der Waals surface area (Å²) in [4.78, 5) is 12.6. The maximum atomic E-state index is 12.5. The second-order valence-corrected chi connectivity index (χ2v) is 8.35. The van der Waals surface area contributed by atoms with Crippen molar-refractivity contribution in [2.75, 3.05) is 31.8 Å². The molecule has 0 heterocycles. The molecule has 8 nitrogen and oxygen atoms in total. The van der Waals surface area contributed by atoms with Crippen LogP contribution in [0.2, 0.25) is 0 Å². The van der Waals surface area contributed by atoms with Gasteiger partial charge in [-0.1, -0.05) is 6.07 Å². The Balaban J connectivity index is 2.23. The van der Waals surface area contributed by atoms with Crippen LogP contribution in [-0.4, -0.2) is 45.9 Å². The van der Waals surface area contributed by atoms with Crippen LogP contribution in [0.1, 0.15) is 12.5 Å². The number of methoxy groups -OCH3 is 1. The summed E-state index contributed by atoms with van der Waals surface area (Å²) < 4.78 is 31.1. The van der Waals surface area contributed by atoms with Crippen LogP contribution in [0.4, 0.5) is 11.4 Å². The zero-order valence-corrected chi connectivity index (χ0v) is 16.9. The number of nitrogens with zero attached hydrogens (tertiary/aromatic N) is 2. The standard InChI is InChI=1S/C19H22N4O4S/c1-13(19(24)22-15-7-5-6-14(10-15)12-20)21-17-11-16(8-9-18(17)27-4)28(25,26)23(2)3/h5-11,13,21H,1-4H3,(H,22,24)/t13-/m1/s1. The quantitative estimate of drug-likeness (QED) is 0.735. The number of rotatable bonds is 7. The maximum absolute atomic E-state index is 12.5. The fourth-order valence-corrected chi connectivity index (χ4v) is 3.32. The summed E-state index contributed by atoms with van der Waals surface area (Å²) in [5.74, 6) is 0.0573. The Bertz CT molecular complexity index is 1010. The van der Waals surface area contributed by atoms with E-state index in [1.54, 1.807) is 31.2 Å². The molecule has 0 aromatic heterocycles. The second kappa shape index (κ2) is 8.73. The number of sulfonamides is 1. The Hall–Kier alpha value is -3.09. The van der Waals surface area contributed by atoms with Crippen molar-refractivity contribution in [2.45, 2.75) is 17.9 Å². The van der Waals surface area contributed by atoms with Gasteiger partial charge in [0, 0.05) is 19.8 Å². The SMILES string of the molecule is COc1ccc(S(=O)(=O)N(C)C)cc1N[C@H](C)C(=O)Nc1cccc(C#N)c1. The van der Waals surface area contributed by atoms with Gasteiger partial charge in [0.25, 0.3) is 0 Å². The van der Waals surface area contributed by atoms with Crippen molar-refractivity contribution in [1.29, 1.82) is 5.26 Å². The molecule has 0 saturated heterocycles. The Morgan fingerprint density at radius 3 is 2.54 bits per heavy atom. The van der Waals surface area contributed by atoms with Crippen molar-refractivity contribution in [2.24, 2.45) is 0 Å². The zero-order chi connectivity index (χ0) is 20.9. The lowest BCUT2D eigenvalue weighted by Gasteiger charge is -2.19. The first-order chi connectivity index (χ1) is 13.2. The highest BCUT2D eigenvalue weighted by Gasteiger charge is 2.21. The van der Waals surface area contributed by atoms with E-state index < -0.39 is 16.1 Å². The number of amides is 1. The van der Waals surface area contributed by atoms with Crippen LogP contribution < -0.4 is 15.4 Å². The summed E-state index contributed by atoms with van der Waals surface area (Å²) in [6.45, 7) is 1.63. The Morgan fingerprint density at radius 2 is 1.93 bits per heavy atom. The number of benzene rings is 2. The van der Waals surface area contributed by atoms with Crippen LogP contribution in [-0.2, 0) is 14.8 Å². The summed E-state index contributed by atoms with van der Waals surface area (Å²) in [6, 6.07) is 12.3. The third-order valence-electron chi connectivity index (χ3n) is 3.97. The number of anilines is 2. The molecule has 0 aliphatic rings. The van der Waals surface area contributed by atoms with Gasteiger partial charge < -0.3 is 15.4 Å². The number of nitriles is 1. The van der Waals surface area contributed by atoms with E-state index in [2.05, 4.69) is 10.6 Å². The number of hydrogen-bond donors (Lipinski definition) is 2. The molecule has 1 amide bonds. The first-order valence-corrected chi connectivity index (χ1v) is 9.81. The van der Waals surface area contributed by atoms with Crippen molar-refractivity contribution in [3.8, 4) is 11.8 Å². The Labute approximate surface area is 164 Å². The average molecular weight is 402 g/mol. The second-order valence-electron chi connectivity index (χ2n) is 6.20. The molecule has 2 aromatic carbocycles. The van der Waals surface area contributed by atoms with E-state index in [4.69, 9.17) is 10.00 Å². The van der Waals surface area contributed by atoms with Crippen LogP contribution in [0, 0.1) is 11.3 Å². The molecule has 2 rings (SSSR count). The van der Waals surface area contributed by atoms with E-state index in [9.17, 15) is 13.2 Å². The van der Waals surface area contributed by atoms with Gasteiger partial charge in [0.15, 0.2) is 0 Å². The molecule has 2 aromatic rings. The lowest BCUT2D eigenvalue weighted by molar-refractivity contribution is -0.116. The number of nitrogens with one attached hydrogen (secondary N) is 2. The smallest absolute Gasteiger partial charge is 0.246 e. The minimum atomic E-state index is -3.63. The van der Waals surface area contributed by atoms with Gasteiger partial charge in [-0.05, 0) is 43.3 Å². The molecule has 0 radical (unpaired) electrons. The van der Waals surface area contributed by atoms with E-state index >= 15 is 0 Å². The lowest BCUT2D eigenvalue weighted by Crippen LogP contribution is -2.32. The number of carbonyl (C=O) groups is 1. The Morgan fingerprint density at radius 1 is 1.21 bits per heavy atom. The summed E-state index contributed by atoms with van der Waals surface area (Å²) in [7, 11) is 0.712. The molecule has 0 aliphatic heterocycles. The van der Waals surface area contributed by atoms with Gasteiger partial charge in [-0.3, -0.25) is 4.79 Å². The predicted octanol–water partition coefficient (Wildman–Crippen LogP) is 2.26. The molecule has 0 unspecified atom stereocenters. The third-order valence-corrected chi connectivity index (χ3v) is 5.79. The fourth-order valence-electron chi connectivity index (χ4n) is 2.39. The predicted molar refractivity (Wildman–Crippen MR) is 107 cm³/mol. The minimum Gasteiger partial charge on any atom is -0.495 e. The number of hydrogen-bond acceptors (Lipinski definition) is 6. The molecule has 0 fully saturated rings. The van der Waals surface area contributed by atoms with Crippen molar-refractivity contribution in [3.05, 3.63) is 48.0 Å². The van der Waals surface area contributed by atoms with Crippen molar-refractivity contribution < 1.29 is 17.9 Å². The van der Waals surface area contributed by atoms with Crippen LogP contribution >= 0.6 is 0 Å². The van der Waals surface area contributed by atoms with Gasteiger partial charge in [-0.15, -0.1) is 0 Å². The molecule has 0 bridgehead atoms. The van der Waals surface area contributed by atoms with Crippen molar-refractivity contribution in [1.82, 2.24) is 4.31 Å². The van der Waals surface area contributed by atoms with E-state index in [0.717, 1.165) is 4.31 Å². The molecular formula is C19H22N4O4S. The highest BCUT2D eigenvalue weighted by molar-refractivity contribution is 7.89. The Kier molecular flexibility index (Phi) is 6.62. The zero-order valence-electron chi connectivity index (χ0n) is 16.1. The van der Waals surface area contributed by atoms with Gasteiger partial charge in [-0.25, -0.2) is 12.7 Å². The largest absolute Gasteiger partial charge is 0.495 e. The van der Waals surface area contributed by atoms with Crippen LogP contribution in [0.3, 0.4) is 0 Å². The highest BCUT2D eigenvalue weighted by atomic mass is 32.2. The van der Waals surface area contributed by atoms with E-state index in [1.807, 2.05) is 6.07 Å². The topological polar surface area (TPSA) is 112 Å². The number of carbonyl (C=O) groups excluding carboxylic acids is 1. The van der Waals surface area contributed by atoms with Crippen LogP contribution in [0.15, 0.2) is 47.4 Å². The lowest BCUT2D eigenvalue weighted by atomic mass is 10.2. The van der Waals surface area contributed by atoms with Gasteiger partial charge >= 0.3 is 0 Å². The van der Waals surface area contributed by atoms with Gasteiger partial charge in [0.05, 0.1) is 29.3 Å². The van der Waals surface area contributed by atoms with E-state index in [1.165, 1.54) is 39.4 Å². The fraction of sp³-hybridized carbons (Fsp3) is 0.263. The molecule has 1 atom stereocenters. The molecule has 2 N–H and O–H groups in total. The minimum absolute atomic E-state index is 0.0788. The molecule has 0 spiro atoms. The highest BCUT2D eigenvalue weighted by Crippen LogP contribution is 2.29. The maximum Gasteiger partial charge on any atom is 0.246 e. The first-order valence-electron chi connectivity index (χ1n) is 8.37. The van der Waals surface area contributed by atoms with Crippen LogP contribution in [0.5, 0.6) is 5.75 Å². The van der Waals surface area contributed by atoms with E-state index in [-0.39, 0.29) is 10.8 Å². The summed E-state index contributed by atoms with van der Waals surface area (Å²) in [5.41, 5.74) is 1.30. The molecule has 0 saturated carbocycles. The molecule has 28 heavy (non-hydrogen) atoms. The first kappa shape index (κ1) is 21.2. The molecule has 148 valence electrons. The summed E-state index contributed by atoms with van der Waals surface area (Å²) >= 11 is 0. The van der Waals surface area contributed by atoms with E-state index in [0.29, 0.717) is 22.7 Å².